The third kappa shape index (κ3) is 3.11. The largest absolute Gasteiger partial charge is 0.464 e. The second-order valence-electron chi connectivity index (χ2n) is 5.21. The van der Waals surface area contributed by atoms with Gasteiger partial charge in [0, 0.05) is 17.5 Å². The molecule has 2 aromatic rings. The van der Waals surface area contributed by atoms with Gasteiger partial charge in [-0.15, -0.1) is 12.4 Å². The molecule has 3 rings (SSSR count). The first-order chi connectivity index (χ1) is 8.86. The van der Waals surface area contributed by atoms with Crippen LogP contribution in [0.2, 0.25) is 0 Å². The third-order valence-electron chi connectivity index (χ3n) is 4.00. The number of fused-ring (bicyclic) bond motifs is 1. The molecule has 0 aliphatic carbocycles. The molecule has 4 heteroatoms. The van der Waals surface area contributed by atoms with Crippen LogP contribution in [0.3, 0.4) is 0 Å². The highest BCUT2D eigenvalue weighted by atomic mass is 35.5. The van der Waals surface area contributed by atoms with E-state index in [2.05, 4.69) is 17.0 Å². The van der Waals surface area contributed by atoms with Crippen LogP contribution in [0, 0.1) is 5.92 Å². The third-order valence-corrected chi connectivity index (χ3v) is 4.00. The molecule has 19 heavy (non-hydrogen) atoms. The number of rotatable bonds is 3. The molecule has 1 aliphatic heterocycles. The molecule has 0 saturated carbocycles. The minimum absolute atomic E-state index is 0. The fourth-order valence-corrected chi connectivity index (χ4v) is 2.78. The average Bonchev–Trinajstić information content (AvgIpc) is 2.83. The van der Waals surface area contributed by atoms with Crippen LogP contribution >= 0.6 is 12.4 Å². The lowest BCUT2D eigenvalue weighted by Gasteiger charge is -2.31. The second-order valence-corrected chi connectivity index (χ2v) is 5.21. The van der Waals surface area contributed by atoms with E-state index in [1.165, 1.54) is 23.8 Å². The number of hydrogen-bond donors (Lipinski definition) is 1. The topological polar surface area (TPSA) is 42.4 Å². The SMILES string of the molecule is Cl.NCC1CCN(Cc2coc3ccccc23)CC1. The zero-order valence-corrected chi connectivity index (χ0v) is 11.9. The predicted molar refractivity (Wildman–Crippen MR) is 80.5 cm³/mol. The molecule has 2 N–H and O–H groups in total. The molecule has 0 atom stereocenters. The fourth-order valence-electron chi connectivity index (χ4n) is 2.78. The van der Waals surface area contributed by atoms with Crippen molar-refractivity contribution >= 4 is 23.4 Å². The number of halogens is 1. The zero-order chi connectivity index (χ0) is 12.4. The molecule has 0 amide bonds. The quantitative estimate of drug-likeness (QED) is 0.940. The van der Waals surface area contributed by atoms with Gasteiger partial charge in [-0.05, 0) is 44.5 Å². The molecule has 104 valence electrons. The van der Waals surface area contributed by atoms with Crippen molar-refractivity contribution in [1.82, 2.24) is 4.90 Å². The molecule has 1 aromatic heterocycles. The highest BCUT2D eigenvalue weighted by Crippen LogP contribution is 2.24. The fraction of sp³-hybridized carbons (Fsp3) is 0.467. The monoisotopic (exact) mass is 280 g/mol. The minimum atomic E-state index is 0. The normalized spacial score (nSPS) is 17.5. The molecule has 0 spiro atoms. The number of furan rings is 1. The van der Waals surface area contributed by atoms with E-state index in [1.807, 2.05) is 18.4 Å². The van der Waals surface area contributed by atoms with Crippen molar-refractivity contribution in [3.05, 3.63) is 36.1 Å². The highest BCUT2D eigenvalue weighted by molar-refractivity contribution is 5.85. The number of hydrogen-bond acceptors (Lipinski definition) is 3. The van der Waals surface area contributed by atoms with Crippen molar-refractivity contribution in [1.29, 1.82) is 0 Å². The Balaban J connectivity index is 0.00000133. The van der Waals surface area contributed by atoms with E-state index < -0.39 is 0 Å². The van der Waals surface area contributed by atoms with Gasteiger partial charge in [0.2, 0.25) is 0 Å². The Bertz CT molecular complexity index is 518. The Morgan fingerprint density at radius 3 is 2.68 bits per heavy atom. The number of piperidine rings is 1. The van der Waals surface area contributed by atoms with Crippen molar-refractivity contribution in [2.75, 3.05) is 19.6 Å². The molecular weight excluding hydrogens is 260 g/mol. The first-order valence-electron chi connectivity index (χ1n) is 6.74. The summed E-state index contributed by atoms with van der Waals surface area (Å²) in [5.41, 5.74) is 8.02. The van der Waals surface area contributed by atoms with Gasteiger partial charge in [0.05, 0.1) is 6.26 Å². The van der Waals surface area contributed by atoms with Gasteiger partial charge in [0.15, 0.2) is 0 Å². The van der Waals surface area contributed by atoms with Gasteiger partial charge in [0.1, 0.15) is 5.58 Å². The van der Waals surface area contributed by atoms with Crippen LogP contribution in [-0.2, 0) is 6.54 Å². The lowest BCUT2D eigenvalue weighted by molar-refractivity contribution is 0.180. The van der Waals surface area contributed by atoms with E-state index in [1.54, 1.807) is 0 Å². The molecule has 1 aromatic carbocycles. The van der Waals surface area contributed by atoms with Gasteiger partial charge < -0.3 is 10.2 Å². The molecule has 0 radical (unpaired) electrons. The molecule has 0 unspecified atom stereocenters. The Morgan fingerprint density at radius 2 is 1.95 bits per heavy atom. The van der Waals surface area contributed by atoms with Crippen LogP contribution in [0.25, 0.3) is 11.0 Å². The Morgan fingerprint density at radius 1 is 1.21 bits per heavy atom. The molecule has 3 nitrogen and oxygen atoms in total. The number of likely N-dealkylation sites (tertiary alicyclic amines) is 1. The average molecular weight is 281 g/mol. The molecular formula is C15H21ClN2O. The molecule has 1 aliphatic rings. The van der Waals surface area contributed by atoms with Crippen molar-refractivity contribution in [3.63, 3.8) is 0 Å². The number of benzene rings is 1. The molecule has 2 heterocycles. The van der Waals surface area contributed by atoms with E-state index in [0.29, 0.717) is 0 Å². The zero-order valence-electron chi connectivity index (χ0n) is 11.0. The number of para-hydroxylation sites is 1. The van der Waals surface area contributed by atoms with Gasteiger partial charge in [-0.3, -0.25) is 4.90 Å². The van der Waals surface area contributed by atoms with E-state index >= 15 is 0 Å². The van der Waals surface area contributed by atoms with Crippen LogP contribution in [-0.4, -0.2) is 24.5 Å². The van der Waals surface area contributed by atoms with Crippen LogP contribution in [0.5, 0.6) is 0 Å². The molecule has 1 fully saturated rings. The van der Waals surface area contributed by atoms with Gasteiger partial charge in [-0.25, -0.2) is 0 Å². The lowest BCUT2D eigenvalue weighted by atomic mass is 9.97. The van der Waals surface area contributed by atoms with E-state index in [0.717, 1.165) is 37.7 Å². The van der Waals surface area contributed by atoms with E-state index in [4.69, 9.17) is 10.2 Å². The summed E-state index contributed by atoms with van der Waals surface area (Å²) in [4.78, 5) is 2.50. The summed E-state index contributed by atoms with van der Waals surface area (Å²) >= 11 is 0. The van der Waals surface area contributed by atoms with Crippen molar-refractivity contribution in [2.45, 2.75) is 19.4 Å². The summed E-state index contributed by atoms with van der Waals surface area (Å²) in [7, 11) is 0. The highest BCUT2D eigenvalue weighted by Gasteiger charge is 2.19. The van der Waals surface area contributed by atoms with Gasteiger partial charge in [-0.1, -0.05) is 18.2 Å². The smallest absolute Gasteiger partial charge is 0.134 e. The van der Waals surface area contributed by atoms with Crippen LogP contribution < -0.4 is 5.73 Å². The summed E-state index contributed by atoms with van der Waals surface area (Å²) in [5.74, 6) is 0.724. The maximum Gasteiger partial charge on any atom is 0.134 e. The lowest BCUT2D eigenvalue weighted by Crippen LogP contribution is -2.35. The maximum absolute atomic E-state index is 5.73. The molecule has 0 bridgehead atoms. The van der Waals surface area contributed by atoms with Crippen LogP contribution in [0.15, 0.2) is 34.9 Å². The van der Waals surface area contributed by atoms with E-state index in [9.17, 15) is 0 Å². The van der Waals surface area contributed by atoms with Gasteiger partial charge >= 0.3 is 0 Å². The Kier molecular flexibility index (Phi) is 4.86. The first-order valence-corrected chi connectivity index (χ1v) is 6.74. The second kappa shape index (κ2) is 6.42. The first kappa shape index (κ1) is 14.4. The molecule has 1 saturated heterocycles. The minimum Gasteiger partial charge on any atom is -0.464 e. The van der Waals surface area contributed by atoms with Gasteiger partial charge in [-0.2, -0.15) is 0 Å². The van der Waals surface area contributed by atoms with Gasteiger partial charge in [0.25, 0.3) is 0 Å². The van der Waals surface area contributed by atoms with Crippen molar-refractivity contribution in [3.8, 4) is 0 Å². The van der Waals surface area contributed by atoms with Crippen LogP contribution in [0.1, 0.15) is 18.4 Å². The Hall–Kier alpha value is -1.03. The maximum atomic E-state index is 5.73. The predicted octanol–water partition coefficient (Wildman–Crippen LogP) is 3.03. The summed E-state index contributed by atoms with van der Waals surface area (Å²) in [6.07, 6.45) is 4.36. The summed E-state index contributed by atoms with van der Waals surface area (Å²) in [6.45, 7) is 4.14. The summed E-state index contributed by atoms with van der Waals surface area (Å²) in [6, 6.07) is 8.25. The van der Waals surface area contributed by atoms with Crippen molar-refractivity contribution < 1.29 is 4.42 Å². The number of nitrogens with zero attached hydrogens (tertiary/aromatic N) is 1. The van der Waals surface area contributed by atoms with E-state index in [-0.39, 0.29) is 12.4 Å². The standard InChI is InChI=1S/C15H20N2O.ClH/c16-9-12-5-7-17(8-6-12)10-13-11-18-15-4-2-1-3-14(13)15;/h1-4,11-12H,5-10,16H2;1H. The Labute approximate surface area is 120 Å². The van der Waals surface area contributed by atoms with Crippen LogP contribution in [0.4, 0.5) is 0 Å². The summed E-state index contributed by atoms with van der Waals surface area (Å²) < 4.78 is 5.59. The summed E-state index contributed by atoms with van der Waals surface area (Å²) in [5, 5.41) is 1.25. The number of nitrogens with two attached hydrogens (primary N) is 1. The van der Waals surface area contributed by atoms with Crippen molar-refractivity contribution in [2.24, 2.45) is 11.7 Å².